The van der Waals surface area contributed by atoms with E-state index < -0.39 is 0 Å². The maximum Gasteiger partial charge on any atom is 0.239 e. The molecule has 4 nitrogen and oxygen atoms in total. The summed E-state index contributed by atoms with van der Waals surface area (Å²) in [6.07, 6.45) is 0. The Bertz CT molecular complexity index is 418. The van der Waals surface area contributed by atoms with Crippen molar-refractivity contribution in [2.45, 2.75) is 19.9 Å². The van der Waals surface area contributed by atoms with Crippen LogP contribution in [0.3, 0.4) is 0 Å². The second-order valence-corrected chi connectivity index (χ2v) is 5.00. The Balaban J connectivity index is 2.41. The highest BCUT2D eigenvalue weighted by Crippen LogP contribution is 2.15. The molecule has 106 valence electrons. The van der Waals surface area contributed by atoms with Gasteiger partial charge in [0.15, 0.2) is 0 Å². The molecule has 0 aliphatic heterocycles. The third-order valence-electron chi connectivity index (χ3n) is 3.25. The molecule has 0 saturated heterocycles. The van der Waals surface area contributed by atoms with Crippen molar-refractivity contribution in [1.82, 2.24) is 9.80 Å². The van der Waals surface area contributed by atoms with Crippen LogP contribution in [0.5, 0.6) is 5.75 Å². The van der Waals surface area contributed by atoms with Gasteiger partial charge in [0, 0.05) is 20.6 Å². The predicted octanol–water partition coefficient (Wildman–Crippen LogP) is 1.78. The molecule has 0 heterocycles. The lowest BCUT2D eigenvalue weighted by Crippen LogP contribution is -2.44. The van der Waals surface area contributed by atoms with Crippen molar-refractivity contribution < 1.29 is 9.53 Å². The molecule has 0 spiro atoms. The van der Waals surface area contributed by atoms with E-state index in [-0.39, 0.29) is 11.9 Å². The minimum absolute atomic E-state index is 0.110. The number of likely N-dealkylation sites (N-methyl/N-ethyl adjacent to an activating group) is 2. The van der Waals surface area contributed by atoms with E-state index >= 15 is 0 Å². The van der Waals surface area contributed by atoms with Gasteiger partial charge in [-0.2, -0.15) is 0 Å². The fraction of sp³-hybridized carbons (Fsp3) is 0.533. The molecular weight excluding hydrogens is 240 g/mol. The number of hydrogen-bond donors (Lipinski definition) is 0. The standard InChI is InChI=1S/C15H24N2O2/c1-12-8-6-7-9-14(12)19-11-10-17(5)13(2)15(18)16(3)4/h6-9,13H,10-11H2,1-5H3. The third-order valence-corrected chi connectivity index (χ3v) is 3.25. The molecule has 0 bridgehead atoms. The molecule has 0 aliphatic rings. The Morgan fingerprint density at radius 2 is 1.89 bits per heavy atom. The van der Waals surface area contributed by atoms with Crippen LogP contribution >= 0.6 is 0 Å². The SMILES string of the molecule is Cc1ccccc1OCCN(C)C(C)C(=O)N(C)C. The van der Waals surface area contributed by atoms with Gasteiger partial charge in [0.05, 0.1) is 6.04 Å². The van der Waals surface area contributed by atoms with Crippen LogP contribution in [0.1, 0.15) is 12.5 Å². The zero-order valence-electron chi connectivity index (χ0n) is 12.5. The largest absolute Gasteiger partial charge is 0.492 e. The Morgan fingerprint density at radius 1 is 1.26 bits per heavy atom. The zero-order valence-corrected chi connectivity index (χ0v) is 12.5. The van der Waals surface area contributed by atoms with Crippen molar-refractivity contribution in [3.63, 3.8) is 0 Å². The monoisotopic (exact) mass is 264 g/mol. The number of ether oxygens (including phenoxy) is 1. The predicted molar refractivity (Wildman–Crippen MR) is 77.5 cm³/mol. The molecule has 0 aromatic heterocycles. The van der Waals surface area contributed by atoms with Gasteiger partial charge in [-0.3, -0.25) is 9.69 Å². The average molecular weight is 264 g/mol. The summed E-state index contributed by atoms with van der Waals surface area (Å²) in [5.74, 6) is 1.01. The lowest BCUT2D eigenvalue weighted by Gasteiger charge is -2.26. The van der Waals surface area contributed by atoms with E-state index in [1.165, 1.54) is 0 Å². The molecule has 0 aliphatic carbocycles. The van der Waals surface area contributed by atoms with Crippen LogP contribution in [0.4, 0.5) is 0 Å². The first kappa shape index (κ1) is 15.5. The topological polar surface area (TPSA) is 32.8 Å². The minimum Gasteiger partial charge on any atom is -0.492 e. The second kappa shape index (κ2) is 7.14. The van der Waals surface area contributed by atoms with Crippen molar-refractivity contribution in [1.29, 1.82) is 0 Å². The van der Waals surface area contributed by atoms with E-state index in [9.17, 15) is 4.79 Å². The highest BCUT2D eigenvalue weighted by molar-refractivity contribution is 5.80. The molecule has 0 radical (unpaired) electrons. The maximum absolute atomic E-state index is 11.8. The molecule has 1 rings (SSSR count). The van der Waals surface area contributed by atoms with E-state index in [0.29, 0.717) is 6.61 Å². The van der Waals surface area contributed by atoms with Gasteiger partial charge in [-0.05, 0) is 32.5 Å². The number of aryl methyl sites for hydroxylation is 1. The summed E-state index contributed by atoms with van der Waals surface area (Å²) < 4.78 is 5.73. The van der Waals surface area contributed by atoms with Crippen LogP contribution in [-0.4, -0.2) is 56.0 Å². The molecule has 1 atom stereocenters. The van der Waals surface area contributed by atoms with Crippen molar-refractivity contribution in [3.8, 4) is 5.75 Å². The summed E-state index contributed by atoms with van der Waals surface area (Å²) in [6, 6.07) is 7.81. The van der Waals surface area contributed by atoms with Gasteiger partial charge in [0.2, 0.25) is 5.91 Å². The van der Waals surface area contributed by atoms with E-state index in [2.05, 4.69) is 0 Å². The van der Waals surface area contributed by atoms with Gasteiger partial charge in [-0.15, -0.1) is 0 Å². The lowest BCUT2D eigenvalue weighted by molar-refractivity contribution is -0.133. The van der Waals surface area contributed by atoms with Crippen LogP contribution in [-0.2, 0) is 4.79 Å². The van der Waals surface area contributed by atoms with Crippen molar-refractivity contribution >= 4 is 5.91 Å². The Hall–Kier alpha value is -1.55. The number of nitrogens with zero attached hydrogens (tertiary/aromatic N) is 2. The molecule has 19 heavy (non-hydrogen) atoms. The van der Waals surface area contributed by atoms with Gasteiger partial charge in [-0.25, -0.2) is 0 Å². The fourth-order valence-electron chi connectivity index (χ4n) is 1.77. The summed E-state index contributed by atoms with van der Waals surface area (Å²) in [5.41, 5.74) is 1.13. The highest BCUT2D eigenvalue weighted by Gasteiger charge is 2.19. The molecule has 0 saturated carbocycles. The van der Waals surface area contributed by atoms with Crippen molar-refractivity contribution in [2.75, 3.05) is 34.3 Å². The van der Waals surface area contributed by atoms with Gasteiger partial charge in [0.1, 0.15) is 12.4 Å². The van der Waals surface area contributed by atoms with Crippen LogP contribution in [0.25, 0.3) is 0 Å². The van der Waals surface area contributed by atoms with Crippen molar-refractivity contribution in [2.24, 2.45) is 0 Å². The van der Waals surface area contributed by atoms with Gasteiger partial charge in [0.25, 0.3) is 0 Å². The first-order valence-corrected chi connectivity index (χ1v) is 6.53. The average Bonchev–Trinajstić information content (AvgIpc) is 2.38. The van der Waals surface area contributed by atoms with Gasteiger partial charge in [-0.1, -0.05) is 18.2 Å². The van der Waals surface area contributed by atoms with Crippen LogP contribution in [0.2, 0.25) is 0 Å². The van der Waals surface area contributed by atoms with E-state index in [4.69, 9.17) is 4.74 Å². The molecule has 4 heteroatoms. The van der Waals surface area contributed by atoms with Crippen molar-refractivity contribution in [3.05, 3.63) is 29.8 Å². The highest BCUT2D eigenvalue weighted by atomic mass is 16.5. The quantitative estimate of drug-likeness (QED) is 0.785. The Kier molecular flexibility index (Phi) is 5.83. The summed E-state index contributed by atoms with van der Waals surface area (Å²) in [4.78, 5) is 15.4. The number of carbonyl (C=O) groups is 1. The molecular formula is C15H24N2O2. The van der Waals surface area contributed by atoms with Crippen LogP contribution in [0.15, 0.2) is 24.3 Å². The number of hydrogen-bond acceptors (Lipinski definition) is 3. The molecule has 1 aromatic rings. The number of para-hydroxylation sites is 1. The third kappa shape index (κ3) is 4.56. The van der Waals surface area contributed by atoms with Gasteiger partial charge < -0.3 is 9.64 Å². The van der Waals surface area contributed by atoms with Crippen LogP contribution < -0.4 is 4.74 Å². The first-order chi connectivity index (χ1) is 8.93. The smallest absolute Gasteiger partial charge is 0.239 e. The molecule has 1 aromatic carbocycles. The Morgan fingerprint density at radius 3 is 2.47 bits per heavy atom. The summed E-state index contributed by atoms with van der Waals surface area (Å²) in [6.45, 7) is 5.23. The maximum atomic E-state index is 11.8. The molecule has 1 amide bonds. The normalized spacial score (nSPS) is 12.3. The molecule has 1 unspecified atom stereocenters. The molecule has 0 fully saturated rings. The van der Waals surface area contributed by atoms with Crippen LogP contribution in [0, 0.1) is 6.92 Å². The second-order valence-electron chi connectivity index (χ2n) is 5.00. The number of amides is 1. The van der Waals surface area contributed by atoms with E-state index in [0.717, 1.165) is 17.9 Å². The number of rotatable bonds is 6. The van der Waals surface area contributed by atoms with Gasteiger partial charge >= 0.3 is 0 Å². The number of benzene rings is 1. The molecule has 0 N–H and O–H groups in total. The lowest BCUT2D eigenvalue weighted by atomic mass is 10.2. The minimum atomic E-state index is -0.129. The van der Waals surface area contributed by atoms with E-state index in [1.54, 1.807) is 19.0 Å². The fourth-order valence-corrected chi connectivity index (χ4v) is 1.77. The first-order valence-electron chi connectivity index (χ1n) is 6.53. The number of carbonyl (C=O) groups excluding carboxylic acids is 1. The summed E-state index contributed by atoms with van der Waals surface area (Å²) in [7, 11) is 5.49. The van der Waals surface area contributed by atoms with E-state index in [1.807, 2.05) is 50.1 Å². The summed E-state index contributed by atoms with van der Waals surface area (Å²) >= 11 is 0. The summed E-state index contributed by atoms with van der Waals surface area (Å²) in [5, 5.41) is 0. The Labute approximate surface area is 116 Å². The zero-order chi connectivity index (χ0) is 14.4.